The van der Waals surface area contributed by atoms with Crippen LogP contribution in [0.25, 0.3) is 0 Å². The van der Waals surface area contributed by atoms with Crippen molar-refractivity contribution >= 4 is 21.7 Å². The summed E-state index contributed by atoms with van der Waals surface area (Å²) in [5.41, 5.74) is -1.34. The molecule has 0 fully saturated rings. The molecule has 0 heterocycles. The Labute approximate surface area is 121 Å². The van der Waals surface area contributed by atoms with Crippen LogP contribution >= 0.6 is 15.9 Å². The van der Waals surface area contributed by atoms with Gasteiger partial charge in [-0.3, -0.25) is 4.79 Å². The highest BCUT2D eigenvalue weighted by atomic mass is 79.9. The van der Waals surface area contributed by atoms with E-state index in [1.807, 2.05) is 0 Å². The molecule has 104 valence electrons. The topological polar surface area (TPSA) is 26.3 Å². The molecule has 0 saturated carbocycles. The number of carbonyl (C=O) groups is 1. The van der Waals surface area contributed by atoms with E-state index in [2.05, 4.69) is 15.9 Å². The van der Waals surface area contributed by atoms with Gasteiger partial charge in [0.05, 0.1) is 17.1 Å². The van der Waals surface area contributed by atoms with Gasteiger partial charge in [0.15, 0.2) is 5.82 Å². The summed E-state index contributed by atoms with van der Waals surface area (Å²) in [6.07, 6.45) is 0. The van der Waals surface area contributed by atoms with Crippen molar-refractivity contribution in [1.82, 2.24) is 0 Å². The summed E-state index contributed by atoms with van der Waals surface area (Å²) in [5.74, 6) is -4.26. The Morgan fingerprint density at radius 2 is 1.70 bits per heavy atom. The van der Waals surface area contributed by atoms with E-state index in [0.717, 1.165) is 18.2 Å². The van der Waals surface area contributed by atoms with E-state index in [1.54, 1.807) is 0 Å². The third-order valence-electron chi connectivity index (χ3n) is 2.69. The zero-order chi connectivity index (χ0) is 14.9. The van der Waals surface area contributed by atoms with Crippen LogP contribution in [-0.2, 0) is 0 Å². The van der Waals surface area contributed by atoms with Gasteiger partial charge in [-0.05, 0) is 40.2 Å². The summed E-state index contributed by atoms with van der Waals surface area (Å²) >= 11 is 2.86. The largest absolute Gasteiger partial charge is 0.496 e. The van der Waals surface area contributed by atoms with Crippen LogP contribution in [0.5, 0.6) is 5.75 Å². The molecule has 0 bridgehead atoms. The highest BCUT2D eigenvalue weighted by Crippen LogP contribution is 2.29. The Morgan fingerprint density at radius 1 is 1.05 bits per heavy atom. The Bertz CT molecular complexity index is 686. The van der Waals surface area contributed by atoms with Gasteiger partial charge in [-0.1, -0.05) is 6.07 Å². The zero-order valence-electron chi connectivity index (χ0n) is 10.2. The van der Waals surface area contributed by atoms with Crippen molar-refractivity contribution in [2.24, 2.45) is 0 Å². The minimum absolute atomic E-state index is 0.0856. The first-order chi connectivity index (χ1) is 9.47. The lowest BCUT2D eigenvalue weighted by Gasteiger charge is -2.10. The van der Waals surface area contributed by atoms with Gasteiger partial charge in [0, 0.05) is 0 Å². The third-order valence-corrected chi connectivity index (χ3v) is 3.31. The van der Waals surface area contributed by atoms with Crippen LogP contribution < -0.4 is 4.74 Å². The highest BCUT2D eigenvalue weighted by molar-refractivity contribution is 9.10. The van der Waals surface area contributed by atoms with Crippen molar-refractivity contribution in [3.8, 4) is 5.75 Å². The lowest BCUT2D eigenvalue weighted by Crippen LogP contribution is -2.11. The van der Waals surface area contributed by atoms with Crippen LogP contribution in [0, 0.1) is 17.5 Å². The summed E-state index contributed by atoms with van der Waals surface area (Å²) < 4.78 is 46.1. The summed E-state index contributed by atoms with van der Waals surface area (Å²) in [6.45, 7) is 0. The third kappa shape index (κ3) is 2.43. The molecule has 0 aromatic heterocycles. The molecule has 0 saturated heterocycles. The molecule has 0 atom stereocenters. The molecule has 0 spiro atoms. The number of rotatable bonds is 3. The number of hydrogen-bond acceptors (Lipinski definition) is 2. The number of methoxy groups -OCH3 is 1. The average Bonchev–Trinajstić information content (AvgIpc) is 2.42. The molecular weight excluding hydrogens is 337 g/mol. The molecule has 2 rings (SSSR count). The van der Waals surface area contributed by atoms with Crippen LogP contribution in [0.4, 0.5) is 13.2 Å². The van der Waals surface area contributed by atoms with E-state index in [9.17, 15) is 18.0 Å². The molecule has 0 radical (unpaired) electrons. The summed E-state index contributed by atoms with van der Waals surface area (Å²) in [7, 11) is 1.24. The minimum Gasteiger partial charge on any atom is -0.496 e. The maximum atomic E-state index is 13.9. The summed E-state index contributed by atoms with van der Waals surface area (Å²) in [6, 6.07) is 5.74. The summed E-state index contributed by atoms with van der Waals surface area (Å²) in [4.78, 5) is 12.2. The standard InChI is InChI=1S/C14H8BrF3O2/c1-20-10-4-2-3-8(16)11(10)14(19)12-9(17)6-5-7(15)13(12)18/h2-6H,1H3. The van der Waals surface area contributed by atoms with E-state index >= 15 is 0 Å². The smallest absolute Gasteiger partial charge is 0.205 e. The Balaban J connectivity index is 2.67. The van der Waals surface area contributed by atoms with Crippen molar-refractivity contribution < 1.29 is 22.7 Å². The van der Waals surface area contributed by atoms with Gasteiger partial charge in [0.25, 0.3) is 0 Å². The number of benzene rings is 2. The fraction of sp³-hybridized carbons (Fsp3) is 0.0714. The molecule has 0 aliphatic rings. The van der Waals surface area contributed by atoms with Crippen LogP contribution in [0.15, 0.2) is 34.8 Å². The van der Waals surface area contributed by atoms with Gasteiger partial charge in [0.1, 0.15) is 22.9 Å². The lowest BCUT2D eigenvalue weighted by molar-refractivity contribution is 0.102. The minimum atomic E-state index is -1.11. The van der Waals surface area contributed by atoms with Crippen molar-refractivity contribution in [1.29, 1.82) is 0 Å². The zero-order valence-corrected chi connectivity index (χ0v) is 11.8. The molecule has 0 amide bonds. The van der Waals surface area contributed by atoms with Crippen LogP contribution in [0.3, 0.4) is 0 Å². The van der Waals surface area contributed by atoms with Gasteiger partial charge in [-0.15, -0.1) is 0 Å². The maximum Gasteiger partial charge on any atom is 0.205 e. The molecule has 6 heteroatoms. The van der Waals surface area contributed by atoms with E-state index in [4.69, 9.17) is 4.74 Å². The van der Waals surface area contributed by atoms with Crippen molar-refractivity contribution in [3.63, 3.8) is 0 Å². The number of hydrogen-bond donors (Lipinski definition) is 0. The summed E-state index contributed by atoms with van der Waals surface area (Å²) in [5, 5.41) is 0. The number of ketones is 1. The van der Waals surface area contributed by atoms with E-state index in [-0.39, 0.29) is 10.2 Å². The van der Waals surface area contributed by atoms with Gasteiger partial charge >= 0.3 is 0 Å². The van der Waals surface area contributed by atoms with E-state index < -0.39 is 34.4 Å². The predicted octanol–water partition coefficient (Wildman–Crippen LogP) is 4.11. The number of ether oxygens (including phenoxy) is 1. The van der Waals surface area contributed by atoms with Crippen LogP contribution in [0.1, 0.15) is 15.9 Å². The second-order valence-electron chi connectivity index (χ2n) is 3.86. The van der Waals surface area contributed by atoms with E-state index in [1.165, 1.54) is 19.2 Å². The average molecular weight is 345 g/mol. The molecule has 0 unspecified atom stereocenters. The molecule has 20 heavy (non-hydrogen) atoms. The molecule has 0 aliphatic carbocycles. The molecule has 0 aliphatic heterocycles. The van der Waals surface area contributed by atoms with Crippen LogP contribution in [0.2, 0.25) is 0 Å². The highest BCUT2D eigenvalue weighted by Gasteiger charge is 2.26. The Kier molecular flexibility index (Phi) is 4.13. The second kappa shape index (κ2) is 5.66. The maximum absolute atomic E-state index is 13.9. The normalized spacial score (nSPS) is 10.4. The SMILES string of the molecule is COc1cccc(F)c1C(=O)c1c(F)ccc(Br)c1F. The number of carbonyl (C=O) groups excluding carboxylic acids is 1. The first kappa shape index (κ1) is 14.6. The quantitative estimate of drug-likeness (QED) is 0.618. The fourth-order valence-electron chi connectivity index (χ4n) is 1.76. The van der Waals surface area contributed by atoms with Crippen molar-refractivity contribution in [2.75, 3.05) is 7.11 Å². The first-order valence-electron chi connectivity index (χ1n) is 5.48. The predicted molar refractivity (Wildman–Crippen MR) is 70.4 cm³/mol. The Hall–Kier alpha value is -1.82. The van der Waals surface area contributed by atoms with Crippen molar-refractivity contribution in [2.45, 2.75) is 0 Å². The molecule has 2 aromatic carbocycles. The second-order valence-corrected chi connectivity index (χ2v) is 4.72. The monoisotopic (exact) mass is 344 g/mol. The van der Waals surface area contributed by atoms with Crippen molar-refractivity contribution in [3.05, 3.63) is 63.4 Å². The lowest BCUT2D eigenvalue weighted by atomic mass is 10.0. The fourth-order valence-corrected chi connectivity index (χ4v) is 2.09. The molecule has 0 N–H and O–H groups in total. The van der Waals surface area contributed by atoms with Crippen LogP contribution in [-0.4, -0.2) is 12.9 Å². The first-order valence-corrected chi connectivity index (χ1v) is 6.27. The molecule has 2 aromatic rings. The van der Waals surface area contributed by atoms with Gasteiger partial charge in [0.2, 0.25) is 5.78 Å². The van der Waals surface area contributed by atoms with Gasteiger partial charge in [-0.25, -0.2) is 13.2 Å². The molecule has 2 nitrogen and oxygen atoms in total. The molecular formula is C14H8BrF3O2. The van der Waals surface area contributed by atoms with E-state index in [0.29, 0.717) is 0 Å². The van der Waals surface area contributed by atoms with Gasteiger partial charge in [-0.2, -0.15) is 0 Å². The number of halogens is 4. The Morgan fingerprint density at radius 3 is 2.35 bits per heavy atom. The van der Waals surface area contributed by atoms with Gasteiger partial charge < -0.3 is 4.74 Å².